The van der Waals surface area contributed by atoms with E-state index < -0.39 is 5.97 Å². The number of piperidine rings is 4. The van der Waals surface area contributed by atoms with Crippen molar-refractivity contribution >= 4 is 104 Å². The normalized spacial score (nSPS) is 19.6. The van der Waals surface area contributed by atoms with Crippen LogP contribution in [0.2, 0.25) is 0 Å². The number of benzene rings is 2. The molecule has 4 saturated heterocycles. The number of nitrogens with zero attached hydrogens (tertiary/aromatic N) is 8. The zero-order valence-electron chi connectivity index (χ0n) is 53.6. The molecule has 6 fully saturated rings. The highest BCUT2D eigenvalue weighted by atomic mass is 35.5. The zero-order valence-corrected chi connectivity index (χ0v) is 57.7. The number of thiophene rings is 2. The van der Waals surface area contributed by atoms with Crippen LogP contribution < -0.4 is 19.3 Å². The average Bonchev–Trinajstić information content (AvgIpc) is 1.58. The Kier molecular flexibility index (Phi) is 25.0. The minimum Gasteiger partial charge on any atom is -0.489 e. The van der Waals surface area contributed by atoms with Gasteiger partial charge in [0.25, 0.3) is 0 Å². The molecular weight excluding hydrogens is 1230 g/mol. The van der Waals surface area contributed by atoms with Crippen molar-refractivity contribution in [2.75, 3.05) is 135 Å². The maximum atomic E-state index is 12.6. The molecule has 4 aromatic heterocycles. The van der Waals surface area contributed by atoms with Gasteiger partial charge in [-0.05, 0) is 189 Å². The molecule has 0 unspecified atom stereocenters. The lowest BCUT2D eigenvalue weighted by molar-refractivity contribution is 0.0605. The maximum Gasteiger partial charge on any atom is 0.348 e. The van der Waals surface area contributed by atoms with Crippen LogP contribution in [0.5, 0.6) is 11.5 Å². The van der Waals surface area contributed by atoms with Crippen LogP contribution in [-0.4, -0.2) is 171 Å². The SMILES string of the molecule is COC(=O)c1cc2c(s1)c(C1CCCCC1)c1n2CCOc2c-1cccc2N(CCN1CCCCC1)CCN1CCCCC1.Cl.Cl.Cl.O=C(O)c1cc2c(s1)c(C1CCCCC1)c1n2CCOc2c-1cccc2N(CCN1CCCCC1)CCN1CCCCC1. The number of esters is 1. The van der Waals surface area contributed by atoms with Gasteiger partial charge in [-0.25, -0.2) is 9.59 Å². The Morgan fingerprint density at radius 2 is 0.833 bits per heavy atom. The number of anilines is 2. The summed E-state index contributed by atoms with van der Waals surface area (Å²) in [6.45, 7) is 21.0. The number of halogens is 3. The van der Waals surface area contributed by atoms with Gasteiger partial charge in [0.2, 0.25) is 0 Å². The Bertz CT molecular complexity index is 3250. The van der Waals surface area contributed by atoms with E-state index in [4.69, 9.17) is 14.2 Å². The lowest BCUT2D eigenvalue weighted by Gasteiger charge is -2.34. The van der Waals surface area contributed by atoms with Gasteiger partial charge in [-0.1, -0.05) is 76.3 Å². The lowest BCUT2D eigenvalue weighted by Crippen LogP contribution is -2.42. The van der Waals surface area contributed by atoms with E-state index in [-0.39, 0.29) is 43.2 Å². The van der Waals surface area contributed by atoms with Crippen LogP contribution in [0.25, 0.3) is 42.9 Å². The molecule has 19 heteroatoms. The summed E-state index contributed by atoms with van der Waals surface area (Å²) in [5, 5.41) is 9.87. The average molecular weight is 1330 g/mol. The molecule has 2 aliphatic carbocycles. The van der Waals surface area contributed by atoms with E-state index in [0.29, 0.717) is 34.8 Å². The highest BCUT2D eigenvalue weighted by Crippen LogP contribution is 2.53. The molecule has 0 radical (unpaired) electrons. The second-order valence-corrected chi connectivity index (χ2v) is 28.6. The van der Waals surface area contributed by atoms with Gasteiger partial charge in [-0.15, -0.1) is 59.9 Å². The van der Waals surface area contributed by atoms with E-state index >= 15 is 0 Å². The molecule has 0 bridgehead atoms. The van der Waals surface area contributed by atoms with Crippen molar-refractivity contribution in [1.82, 2.24) is 28.7 Å². The molecule has 90 heavy (non-hydrogen) atoms. The summed E-state index contributed by atoms with van der Waals surface area (Å²) in [4.78, 5) is 41.7. The van der Waals surface area contributed by atoms with Crippen molar-refractivity contribution in [3.05, 3.63) is 69.4 Å². The first-order chi connectivity index (χ1) is 42.9. The highest BCUT2D eigenvalue weighted by molar-refractivity contribution is 7.21. The molecular formula is C71H101Cl3N8O6S2. The van der Waals surface area contributed by atoms with Crippen molar-refractivity contribution in [3.8, 4) is 34.0 Å². The molecule has 2 aromatic carbocycles. The molecule has 2 saturated carbocycles. The number of aromatic nitrogens is 2. The minimum absolute atomic E-state index is 0. The third-order valence-corrected chi connectivity index (χ3v) is 23.3. The second-order valence-electron chi connectivity index (χ2n) is 26.5. The van der Waals surface area contributed by atoms with E-state index in [2.05, 4.69) is 81.0 Å². The van der Waals surface area contributed by atoms with E-state index in [1.54, 1.807) is 11.3 Å². The molecule has 1 N–H and O–H groups in total. The van der Waals surface area contributed by atoms with Crippen molar-refractivity contribution in [3.63, 3.8) is 0 Å². The van der Waals surface area contributed by atoms with Gasteiger partial charge in [0.1, 0.15) is 23.0 Å². The molecule has 14 nitrogen and oxygen atoms in total. The number of likely N-dealkylation sites (tertiary alicyclic amines) is 4. The second kappa shape index (κ2) is 32.8. The fourth-order valence-electron chi connectivity index (χ4n) is 16.4. The number of hydrogen-bond acceptors (Lipinski definition) is 13. The van der Waals surface area contributed by atoms with Gasteiger partial charge in [0.15, 0.2) is 11.5 Å². The van der Waals surface area contributed by atoms with E-state index in [0.717, 1.165) is 82.5 Å². The molecule has 494 valence electrons. The Balaban J connectivity index is 0.000000192. The summed E-state index contributed by atoms with van der Waals surface area (Å²) in [7, 11) is 1.48. The van der Waals surface area contributed by atoms with Gasteiger partial charge >= 0.3 is 11.9 Å². The molecule has 0 spiro atoms. The Morgan fingerprint density at radius 3 is 1.19 bits per heavy atom. The fraction of sp³-hybridized carbons (Fsp3) is 0.634. The predicted octanol–water partition coefficient (Wildman–Crippen LogP) is 15.9. The topological polar surface area (TPSA) is 111 Å². The van der Waals surface area contributed by atoms with Gasteiger partial charge in [0.05, 0.1) is 63.4 Å². The molecule has 14 rings (SSSR count). The van der Waals surface area contributed by atoms with E-state index in [9.17, 15) is 14.7 Å². The molecule has 0 atom stereocenters. The molecule has 10 heterocycles. The van der Waals surface area contributed by atoms with Crippen molar-refractivity contribution in [2.24, 2.45) is 0 Å². The number of para-hydroxylation sites is 2. The number of carbonyl (C=O) groups is 2. The number of aromatic carboxylic acids is 1. The Hall–Kier alpha value is -4.23. The number of carboxylic acids is 1. The van der Waals surface area contributed by atoms with Crippen LogP contribution >= 0.6 is 59.9 Å². The first-order valence-electron chi connectivity index (χ1n) is 34.4. The summed E-state index contributed by atoms with van der Waals surface area (Å²) < 4.78 is 26.0. The Labute approximate surface area is 562 Å². The standard InChI is InChI=1S/C36H50N4O3S.C35H48N4O3S.3ClH/c1-42-36(41)31-26-30-35(44-31)32(27-12-5-2-6-13-27)33-28-14-11-15-29(34(28)43-25-24-40(30)33)39(22-20-37-16-7-3-8-17-37)23-21-38-18-9-4-10-19-38;40-35(41)30-25-29-34(43-30)31(26-11-4-1-5-12-26)32-27-13-10-14-28(33(27)42-24-23-39(29)32)38(21-19-36-15-6-2-7-16-36)22-20-37-17-8-3-9-18-37;;;/h11,14-15,26-27H,2-10,12-13,16-25H2,1H3;10,13-14,25-26H,1-9,11-12,15-24H2,(H,40,41);3*1H. The third kappa shape index (κ3) is 15.3. The van der Waals surface area contributed by atoms with Crippen LogP contribution in [0.15, 0.2) is 48.5 Å². The third-order valence-electron chi connectivity index (χ3n) is 21.0. The number of rotatable bonds is 18. The van der Waals surface area contributed by atoms with Crippen LogP contribution in [0.3, 0.4) is 0 Å². The summed E-state index contributed by atoms with van der Waals surface area (Å²) in [5.41, 5.74) is 12.6. The lowest BCUT2D eigenvalue weighted by atomic mass is 9.83. The van der Waals surface area contributed by atoms with Gasteiger partial charge in [-0.2, -0.15) is 0 Å². The van der Waals surface area contributed by atoms with Crippen LogP contribution in [0, 0.1) is 0 Å². The fourth-order valence-corrected chi connectivity index (χ4v) is 18.7. The number of hydrogen-bond donors (Lipinski definition) is 1. The summed E-state index contributed by atoms with van der Waals surface area (Å²) in [6.07, 6.45) is 28.5. The van der Waals surface area contributed by atoms with E-state index in [1.165, 1.54) is 272 Å². The van der Waals surface area contributed by atoms with Gasteiger partial charge in [-0.3, -0.25) is 0 Å². The monoisotopic (exact) mass is 1330 g/mol. The number of ether oxygens (including phenoxy) is 3. The van der Waals surface area contributed by atoms with E-state index in [1.807, 2.05) is 6.07 Å². The maximum absolute atomic E-state index is 12.6. The van der Waals surface area contributed by atoms with Crippen molar-refractivity contribution in [2.45, 2.75) is 166 Å². The molecule has 6 aliphatic heterocycles. The van der Waals surface area contributed by atoms with Crippen LogP contribution in [0.4, 0.5) is 11.4 Å². The number of fused-ring (bicyclic) bond motifs is 10. The molecule has 0 amide bonds. The zero-order chi connectivity index (χ0) is 59.1. The number of methoxy groups -OCH3 is 1. The quantitative estimate of drug-likeness (QED) is 0.0827. The van der Waals surface area contributed by atoms with Gasteiger partial charge in [0, 0.05) is 63.5 Å². The first-order valence-corrected chi connectivity index (χ1v) is 36.1. The molecule has 6 aromatic rings. The van der Waals surface area contributed by atoms with Crippen molar-refractivity contribution in [1.29, 1.82) is 0 Å². The highest BCUT2D eigenvalue weighted by Gasteiger charge is 2.36. The summed E-state index contributed by atoms with van der Waals surface area (Å²) >= 11 is 3.10. The van der Waals surface area contributed by atoms with Gasteiger partial charge < -0.3 is 57.9 Å². The largest absolute Gasteiger partial charge is 0.489 e. The predicted molar refractivity (Wildman–Crippen MR) is 379 cm³/mol. The number of carbonyl (C=O) groups excluding carboxylic acids is 1. The minimum atomic E-state index is -0.823. The smallest absolute Gasteiger partial charge is 0.348 e. The van der Waals surface area contributed by atoms with Crippen molar-refractivity contribution < 1.29 is 28.9 Å². The Morgan fingerprint density at radius 1 is 0.489 bits per heavy atom. The number of carboxylic acid groups (broad SMARTS) is 1. The summed E-state index contributed by atoms with van der Waals surface area (Å²) in [5.74, 6) is 2.00. The first kappa shape index (κ1) is 68.6. The van der Waals surface area contributed by atoms with Crippen LogP contribution in [-0.2, 0) is 17.8 Å². The molecule has 8 aliphatic rings. The van der Waals surface area contributed by atoms with Crippen LogP contribution in [0.1, 0.15) is 184 Å². The summed E-state index contributed by atoms with van der Waals surface area (Å²) in [6, 6.07) is 17.6.